The lowest BCUT2D eigenvalue weighted by molar-refractivity contribution is 0.0965. The third-order valence-corrected chi connectivity index (χ3v) is 2.36. The number of fused-ring (bicyclic) bond motifs is 1. The average molecular weight is 196 g/mol. The van der Waals surface area contributed by atoms with Crippen molar-refractivity contribution in [3.8, 4) is 0 Å². The molecule has 4 heteroatoms. The van der Waals surface area contributed by atoms with E-state index in [-0.39, 0.29) is 5.91 Å². The summed E-state index contributed by atoms with van der Waals surface area (Å²) in [6.07, 6.45) is 0.647. The van der Waals surface area contributed by atoms with Gasteiger partial charge in [-0.05, 0) is 17.7 Å². The lowest BCUT2D eigenvalue weighted by Crippen LogP contribution is -2.12. The van der Waals surface area contributed by atoms with Gasteiger partial charge in [-0.2, -0.15) is 0 Å². The smallest absolute Gasteiger partial charge is 0.251 e. The maximum absolute atomic E-state index is 11.2. The number of amides is 1. The maximum atomic E-state index is 11.2. The van der Waals surface area contributed by atoms with Crippen molar-refractivity contribution in [3.63, 3.8) is 0 Å². The zero-order chi connectivity index (χ0) is 9.42. The highest BCUT2D eigenvalue weighted by molar-refractivity contribution is 6.33. The fourth-order valence-electron chi connectivity index (χ4n) is 1.35. The summed E-state index contributed by atoms with van der Waals surface area (Å²) < 4.78 is 0. The minimum absolute atomic E-state index is 0.144. The molecule has 66 valence electrons. The quantitative estimate of drug-likeness (QED) is 0.689. The number of nitrogens with one attached hydrogen (secondary N) is 1. The Morgan fingerprint density at radius 2 is 2.23 bits per heavy atom. The van der Waals surface area contributed by atoms with Gasteiger partial charge >= 0.3 is 0 Å². The second-order valence-corrected chi connectivity index (χ2v) is 3.24. The van der Waals surface area contributed by atoms with Crippen molar-refractivity contribution >= 4 is 23.8 Å². The molecule has 0 fully saturated rings. The lowest BCUT2D eigenvalue weighted by atomic mass is 10.1. The molecule has 0 aliphatic carbocycles. The molecule has 13 heavy (non-hydrogen) atoms. The molecule has 1 heterocycles. The van der Waals surface area contributed by atoms with E-state index >= 15 is 0 Å². The van der Waals surface area contributed by atoms with Crippen molar-refractivity contribution in [2.75, 3.05) is 0 Å². The van der Waals surface area contributed by atoms with Crippen LogP contribution in [0.4, 0.5) is 0 Å². The second-order valence-electron chi connectivity index (χ2n) is 2.83. The summed E-state index contributed by atoms with van der Waals surface area (Å²) in [5.74, 6) is -0.144. The van der Waals surface area contributed by atoms with E-state index in [1.54, 1.807) is 6.07 Å². The zero-order valence-electron chi connectivity index (χ0n) is 6.63. The minimum atomic E-state index is -0.144. The zero-order valence-corrected chi connectivity index (χ0v) is 7.39. The normalized spacial score (nSPS) is 13.8. The lowest BCUT2D eigenvalue weighted by Gasteiger charge is -1.99. The van der Waals surface area contributed by atoms with E-state index in [9.17, 15) is 9.59 Å². The van der Waals surface area contributed by atoms with E-state index in [2.05, 4.69) is 5.32 Å². The first kappa shape index (κ1) is 8.26. The number of aldehydes is 1. The van der Waals surface area contributed by atoms with Gasteiger partial charge in [0.15, 0.2) is 6.29 Å². The number of hydrogen-bond donors (Lipinski definition) is 1. The van der Waals surface area contributed by atoms with Crippen LogP contribution in [0.15, 0.2) is 12.1 Å². The summed E-state index contributed by atoms with van der Waals surface area (Å²) in [5, 5.41) is 3.04. The van der Waals surface area contributed by atoms with Gasteiger partial charge in [0.2, 0.25) is 0 Å². The van der Waals surface area contributed by atoms with Crippen LogP contribution in [0.5, 0.6) is 0 Å². The van der Waals surface area contributed by atoms with Gasteiger partial charge in [0.05, 0.1) is 5.02 Å². The van der Waals surface area contributed by atoms with Gasteiger partial charge in [-0.25, -0.2) is 0 Å². The van der Waals surface area contributed by atoms with Gasteiger partial charge in [0.1, 0.15) is 0 Å². The number of carbonyl (C=O) groups excluding carboxylic acids is 2. The Balaban J connectivity index is 2.63. The topological polar surface area (TPSA) is 46.2 Å². The van der Waals surface area contributed by atoms with Crippen molar-refractivity contribution < 1.29 is 9.59 Å². The highest BCUT2D eigenvalue weighted by Crippen LogP contribution is 2.23. The summed E-state index contributed by atoms with van der Waals surface area (Å²) in [4.78, 5) is 21.7. The third kappa shape index (κ3) is 1.21. The Hall–Kier alpha value is -1.35. The van der Waals surface area contributed by atoms with Gasteiger partial charge in [0, 0.05) is 17.7 Å². The fourth-order valence-corrected chi connectivity index (χ4v) is 1.58. The Bertz CT molecular complexity index is 401. The second kappa shape index (κ2) is 2.85. The van der Waals surface area contributed by atoms with E-state index in [4.69, 9.17) is 11.6 Å². The molecule has 0 radical (unpaired) electrons. The van der Waals surface area contributed by atoms with E-state index < -0.39 is 0 Å². The molecule has 0 aromatic heterocycles. The van der Waals surface area contributed by atoms with Crippen LogP contribution >= 0.6 is 11.6 Å². The molecule has 1 aliphatic rings. The van der Waals surface area contributed by atoms with E-state index in [1.807, 2.05) is 0 Å². The molecular weight excluding hydrogens is 190 g/mol. The number of benzene rings is 1. The molecule has 1 aromatic carbocycles. The number of halogens is 1. The standard InChI is InChI=1S/C9H6ClNO2/c10-8-2-5-3-11-9(13)7(5)1-6(8)4-12/h1-2,4H,3H2,(H,11,13). The molecule has 3 nitrogen and oxygen atoms in total. The van der Waals surface area contributed by atoms with E-state index in [0.29, 0.717) is 29.0 Å². The van der Waals surface area contributed by atoms with E-state index in [0.717, 1.165) is 5.56 Å². The molecule has 1 aliphatic heterocycles. The minimum Gasteiger partial charge on any atom is -0.348 e. The monoisotopic (exact) mass is 195 g/mol. The largest absolute Gasteiger partial charge is 0.348 e. The Morgan fingerprint density at radius 1 is 1.46 bits per heavy atom. The maximum Gasteiger partial charge on any atom is 0.251 e. The molecule has 1 amide bonds. The van der Waals surface area contributed by atoms with Crippen molar-refractivity contribution in [2.24, 2.45) is 0 Å². The predicted molar refractivity (Wildman–Crippen MR) is 48.0 cm³/mol. The Labute approximate surface area is 79.7 Å². The van der Waals surface area contributed by atoms with Crippen LogP contribution < -0.4 is 5.32 Å². The first-order valence-electron chi connectivity index (χ1n) is 3.78. The average Bonchev–Trinajstić information content (AvgIpc) is 2.46. The molecule has 0 atom stereocenters. The van der Waals surface area contributed by atoms with Gasteiger partial charge < -0.3 is 5.32 Å². The van der Waals surface area contributed by atoms with E-state index in [1.165, 1.54) is 6.07 Å². The molecule has 0 saturated carbocycles. The molecule has 0 saturated heterocycles. The van der Waals surface area contributed by atoms with Crippen LogP contribution in [0.1, 0.15) is 26.3 Å². The van der Waals surface area contributed by atoms with Crippen LogP contribution in [0.3, 0.4) is 0 Å². The van der Waals surface area contributed by atoms with Crippen LogP contribution in [0.2, 0.25) is 5.02 Å². The highest BCUT2D eigenvalue weighted by Gasteiger charge is 2.20. The third-order valence-electron chi connectivity index (χ3n) is 2.03. The predicted octanol–water partition coefficient (Wildman–Crippen LogP) is 1.40. The Morgan fingerprint density at radius 3 is 2.92 bits per heavy atom. The highest BCUT2D eigenvalue weighted by atomic mass is 35.5. The van der Waals surface area contributed by atoms with Crippen LogP contribution in [-0.2, 0) is 6.54 Å². The molecule has 1 N–H and O–H groups in total. The Kier molecular flexibility index (Phi) is 1.81. The van der Waals surface area contributed by atoms with Crippen molar-refractivity contribution in [3.05, 3.63) is 33.8 Å². The van der Waals surface area contributed by atoms with Crippen molar-refractivity contribution in [1.82, 2.24) is 5.32 Å². The summed E-state index contributed by atoms with van der Waals surface area (Å²) >= 11 is 5.79. The SMILES string of the molecule is O=Cc1cc2c(cc1Cl)CNC2=O. The molecule has 0 spiro atoms. The number of rotatable bonds is 1. The molecule has 1 aromatic rings. The van der Waals surface area contributed by atoms with Crippen LogP contribution in [0.25, 0.3) is 0 Å². The van der Waals surface area contributed by atoms with Gasteiger partial charge in [-0.3, -0.25) is 9.59 Å². The van der Waals surface area contributed by atoms with Gasteiger partial charge in [-0.15, -0.1) is 0 Å². The van der Waals surface area contributed by atoms with Gasteiger partial charge in [0.25, 0.3) is 5.91 Å². The van der Waals surface area contributed by atoms with Crippen molar-refractivity contribution in [1.29, 1.82) is 0 Å². The first-order chi connectivity index (χ1) is 6.22. The summed E-state index contributed by atoms with van der Waals surface area (Å²) in [5.41, 5.74) is 1.75. The summed E-state index contributed by atoms with van der Waals surface area (Å²) in [6.45, 7) is 0.493. The van der Waals surface area contributed by atoms with Gasteiger partial charge in [-0.1, -0.05) is 11.6 Å². The molecule has 0 unspecified atom stereocenters. The first-order valence-corrected chi connectivity index (χ1v) is 4.16. The molecule has 2 rings (SSSR count). The number of carbonyl (C=O) groups is 2. The molecule has 0 bridgehead atoms. The summed E-state index contributed by atoms with van der Waals surface area (Å²) in [6, 6.07) is 3.17. The van der Waals surface area contributed by atoms with Crippen molar-refractivity contribution in [2.45, 2.75) is 6.54 Å². The van der Waals surface area contributed by atoms with Crippen LogP contribution in [0, 0.1) is 0 Å². The fraction of sp³-hybridized carbons (Fsp3) is 0.111. The summed E-state index contributed by atoms with van der Waals surface area (Å²) in [7, 11) is 0. The molecular formula is C9H6ClNO2. The number of hydrogen-bond acceptors (Lipinski definition) is 2. The van der Waals surface area contributed by atoms with Crippen LogP contribution in [-0.4, -0.2) is 12.2 Å².